The Labute approximate surface area is 124 Å². The molecule has 0 amide bonds. The second-order valence-corrected chi connectivity index (χ2v) is 6.00. The van der Waals surface area contributed by atoms with Gasteiger partial charge in [0.2, 0.25) is 0 Å². The molecule has 4 rings (SSSR count). The first-order chi connectivity index (χ1) is 10.4. The van der Waals surface area contributed by atoms with Crippen LogP contribution in [-0.4, -0.2) is 35.1 Å². The third-order valence-electron chi connectivity index (χ3n) is 4.17. The average molecular weight is 283 g/mol. The lowest BCUT2D eigenvalue weighted by atomic mass is 10.2. The summed E-state index contributed by atoms with van der Waals surface area (Å²) in [6.45, 7) is 2.04. The molecule has 1 saturated heterocycles. The van der Waals surface area contributed by atoms with Gasteiger partial charge in [0.15, 0.2) is 11.6 Å². The summed E-state index contributed by atoms with van der Waals surface area (Å²) in [6, 6.07) is 9.17. The van der Waals surface area contributed by atoms with E-state index in [9.17, 15) is 0 Å². The first-order valence-electron chi connectivity index (χ1n) is 7.89. The SMILES string of the molecule is c1ccc2nc(NC3CC3)c(NCC3CCCN3)nc2c1. The number of hydrogen-bond acceptors (Lipinski definition) is 5. The van der Waals surface area contributed by atoms with Gasteiger partial charge < -0.3 is 16.0 Å². The second-order valence-electron chi connectivity index (χ2n) is 6.00. The minimum atomic E-state index is 0.548. The molecule has 0 bridgehead atoms. The molecule has 2 fully saturated rings. The number of nitrogens with zero attached hydrogens (tertiary/aromatic N) is 2. The van der Waals surface area contributed by atoms with Crippen molar-refractivity contribution < 1.29 is 0 Å². The molecular weight excluding hydrogens is 262 g/mol. The minimum absolute atomic E-state index is 0.548. The van der Waals surface area contributed by atoms with Crippen molar-refractivity contribution in [3.63, 3.8) is 0 Å². The van der Waals surface area contributed by atoms with Crippen LogP contribution in [0.15, 0.2) is 24.3 Å². The van der Waals surface area contributed by atoms with E-state index in [-0.39, 0.29) is 0 Å². The van der Waals surface area contributed by atoms with Crippen molar-refractivity contribution in [2.24, 2.45) is 0 Å². The Hall–Kier alpha value is -1.88. The van der Waals surface area contributed by atoms with Gasteiger partial charge in [0.1, 0.15) is 0 Å². The Bertz CT molecular complexity index is 632. The number of benzene rings is 1. The summed E-state index contributed by atoms with van der Waals surface area (Å²) < 4.78 is 0. The first-order valence-corrected chi connectivity index (χ1v) is 7.89. The van der Waals surface area contributed by atoms with Crippen LogP contribution in [0.4, 0.5) is 11.6 Å². The summed E-state index contributed by atoms with van der Waals surface area (Å²) in [5, 5.41) is 10.5. The van der Waals surface area contributed by atoms with Crippen LogP contribution in [0.25, 0.3) is 11.0 Å². The van der Waals surface area contributed by atoms with E-state index in [0.717, 1.165) is 35.8 Å². The summed E-state index contributed by atoms with van der Waals surface area (Å²) >= 11 is 0. The van der Waals surface area contributed by atoms with E-state index in [1.54, 1.807) is 0 Å². The maximum Gasteiger partial charge on any atom is 0.169 e. The molecule has 110 valence electrons. The number of nitrogens with one attached hydrogen (secondary N) is 3. The highest BCUT2D eigenvalue weighted by Crippen LogP contribution is 2.28. The van der Waals surface area contributed by atoms with Crippen LogP contribution in [0.1, 0.15) is 25.7 Å². The average Bonchev–Trinajstić information content (AvgIpc) is 3.17. The monoisotopic (exact) mass is 283 g/mol. The lowest BCUT2D eigenvalue weighted by molar-refractivity contribution is 0.632. The van der Waals surface area contributed by atoms with Crippen LogP contribution in [0.5, 0.6) is 0 Å². The number of para-hydroxylation sites is 2. The van der Waals surface area contributed by atoms with Gasteiger partial charge in [-0.2, -0.15) is 0 Å². The van der Waals surface area contributed by atoms with Crippen molar-refractivity contribution in [2.45, 2.75) is 37.8 Å². The Morgan fingerprint density at radius 3 is 2.48 bits per heavy atom. The van der Waals surface area contributed by atoms with Crippen molar-refractivity contribution in [1.29, 1.82) is 0 Å². The molecule has 1 aliphatic heterocycles. The summed E-state index contributed by atoms with van der Waals surface area (Å²) in [5.41, 5.74) is 1.89. The van der Waals surface area contributed by atoms with E-state index in [2.05, 4.69) is 16.0 Å². The molecule has 1 unspecified atom stereocenters. The molecule has 0 spiro atoms. The quantitative estimate of drug-likeness (QED) is 0.786. The zero-order chi connectivity index (χ0) is 14.1. The van der Waals surface area contributed by atoms with Crippen LogP contribution < -0.4 is 16.0 Å². The van der Waals surface area contributed by atoms with Gasteiger partial charge in [-0.3, -0.25) is 0 Å². The van der Waals surface area contributed by atoms with Crippen LogP contribution in [-0.2, 0) is 0 Å². The Morgan fingerprint density at radius 2 is 1.81 bits per heavy atom. The molecule has 3 N–H and O–H groups in total. The highest BCUT2D eigenvalue weighted by Gasteiger charge is 2.23. The molecule has 1 aliphatic carbocycles. The van der Waals surface area contributed by atoms with Gasteiger partial charge in [0, 0.05) is 18.6 Å². The largest absolute Gasteiger partial charge is 0.365 e. The number of hydrogen-bond donors (Lipinski definition) is 3. The predicted molar refractivity (Wildman–Crippen MR) is 85.7 cm³/mol. The maximum absolute atomic E-state index is 4.75. The number of anilines is 2. The number of rotatable bonds is 5. The van der Waals surface area contributed by atoms with Gasteiger partial charge in [-0.1, -0.05) is 12.1 Å². The molecule has 21 heavy (non-hydrogen) atoms. The third kappa shape index (κ3) is 2.93. The van der Waals surface area contributed by atoms with Gasteiger partial charge in [0.25, 0.3) is 0 Å². The van der Waals surface area contributed by atoms with Crippen molar-refractivity contribution in [3.8, 4) is 0 Å². The van der Waals surface area contributed by atoms with Crippen molar-refractivity contribution >= 4 is 22.7 Å². The molecule has 1 aromatic heterocycles. The fraction of sp³-hybridized carbons (Fsp3) is 0.500. The molecule has 2 aliphatic rings. The maximum atomic E-state index is 4.75. The summed E-state index contributed by atoms with van der Waals surface area (Å²) in [5.74, 6) is 1.78. The Morgan fingerprint density at radius 1 is 1.05 bits per heavy atom. The van der Waals surface area contributed by atoms with Crippen LogP contribution in [0.2, 0.25) is 0 Å². The van der Waals surface area contributed by atoms with Crippen molar-refractivity contribution in [2.75, 3.05) is 23.7 Å². The molecule has 1 aromatic carbocycles. The van der Waals surface area contributed by atoms with Gasteiger partial charge >= 0.3 is 0 Å². The van der Waals surface area contributed by atoms with E-state index in [4.69, 9.17) is 9.97 Å². The summed E-state index contributed by atoms with van der Waals surface area (Å²) in [7, 11) is 0. The highest BCUT2D eigenvalue weighted by atomic mass is 15.1. The molecule has 2 heterocycles. The van der Waals surface area contributed by atoms with Gasteiger partial charge in [-0.05, 0) is 44.4 Å². The fourth-order valence-corrected chi connectivity index (χ4v) is 2.80. The number of fused-ring (bicyclic) bond motifs is 1. The fourth-order valence-electron chi connectivity index (χ4n) is 2.80. The molecule has 1 atom stereocenters. The van der Waals surface area contributed by atoms with E-state index in [0.29, 0.717) is 12.1 Å². The summed E-state index contributed by atoms with van der Waals surface area (Å²) in [6.07, 6.45) is 4.97. The van der Waals surface area contributed by atoms with E-state index < -0.39 is 0 Å². The standard InChI is InChI=1S/C16H21N5/c1-2-6-14-13(5-1)20-15(16(21-14)19-11-7-8-11)18-10-12-4-3-9-17-12/h1-2,5-6,11-12,17H,3-4,7-10H2,(H,18,20)(H,19,21). The van der Waals surface area contributed by atoms with Gasteiger partial charge in [-0.15, -0.1) is 0 Å². The first kappa shape index (κ1) is 12.8. The van der Waals surface area contributed by atoms with Crippen LogP contribution in [0, 0.1) is 0 Å². The Kier molecular flexibility index (Phi) is 3.35. The van der Waals surface area contributed by atoms with E-state index >= 15 is 0 Å². The number of aromatic nitrogens is 2. The Balaban J connectivity index is 1.59. The lowest BCUT2D eigenvalue weighted by Crippen LogP contribution is -2.29. The zero-order valence-corrected chi connectivity index (χ0v) is 12.1. The van der Waals surface area contributed by atoms with E-state index in [1.165, 1.54) is 25.7 Å². The predicted octanol–water partition coefficient (Wildman–Crippen LogP) is 2.37. The second kappa shape index (κ2) is 5.48. The highest BCUT2D eigenvalue weighted by molar-refractivity contribution is 5.80. The lowest BCUT2D eigenvalue weighted by Gasteiger charge is -2.15. The van der Waals surface area contributed by atoms with Gasteiger partial charge in [-0.25, -0.2) is 9.97 Å². The minimum Gasteiger partial charge on any atom is -0.365 e. The smallest absolute Gasteiger partial charge is 0.169 e. The molecule has 2 aromatic rings. The topological polar surface area (TPSA) is 61.9 Å². The molecule has 5 nitrogen and oxygen atoms in total. The summed E-state index contributed by atoms with van der Waals surface area (Å²) in [4.78, 5) is 9.50. The molecule has 0 radical (unpaired) electrons. The molecular formula is C16H21N5. The normalized spacial score (nSPS) is 21.6. The molecule has 5 heteroatoms. The van der Waals surface area contributed by atoms with Crippen molar-refractivity contribution in [1.82, 2.24) is 15.3 Å². The third-order valence-corrected chi connectivity index (χ3v) is 4.17. The van der Waals surface area contributed by atoms with E-state index in [1.807, 2.05) is 24.3 Å². The molecule has 1 saturated carbocycles. The van der Waals surface area contributed by atoms with Crippen LogP contribution >= 0.6 is 0 Å². The van der Waals surface area contributed by atoms with Gasteiger partial charge in [0.05, 0.1) is 11.0 Å². The zero-order valence-electron chi connectivity index (χ0n) is 12.1. The van der Waals surface area contributed by atoms with Crippen LogP contribution in [0.3, 0.4) is 0 Å². The van der Waals surface area contributed by atoms with Crippen molar-refractivity contribution in [3.05, 3.63) is 24.3 Å².